The molecular weight excluding hydrogens is 677 g/mol. The fourth-order valence-electron chi connectivity index (χ4n) is 6.25. The number of anilines is 2. The Hall–Kier alpha value is -5.04. The van der Waals surface area contributed by atoms with Gasteiger partial charge in [0.2, 0.25) is 11.8 Å². The fraction of sp³-hybridized carbons (Fsp3) is 0.325. The first-order chi connectivity index (χ1) is 25.4. The third-order valence-electron chi connectivity index (χ3n) is 8.87. The molecule has 270 valence electrons. The molecule has 3 amide bonds. The van der Waals surface area contributed by atoms with Crippen molar-refractivity contribution >= 4 is 51.6 Å². The highest BCUT2D eigenvalue weighted by molar-refractivity contribution is 8.14. The first kappa shape index (κ1) is 36.7. The standard InChI is InChI=1S/C40H44N6O5S/c1-3-21-45(39(48)37(50-2)29-9-5-4-6-10-29)27-35(47)42-31-14-12-30(13-15-31)38-40(49)46(26-33-11-7-8-20-41-33)28-36(52-38)43-32-16-18-34(19-17-32)44-22-24-51-25-23-44/h4-20,37-38H,3,21-28H2,1-2H3,(H,42,47). The number of amides is 3. The zero-order chi connectivity index (χ0) is 36.3. The molecule has 0 aliphatic carbocycles. The van der Waals surface area contributed by atoms with Crippen molar-refractivity contribution in [3.8, 4) is 0 Å². The van der Waals surface area contributed by atoms with Crippen LogP contribution in [0.1, 0.15) is 41.5 Å². The highest BCUT2D eigenvalue weighted by atomic mass is 32.2. The quantitative estimate of drug-likeness (QED) is 0.178. The van der Waals surface area contributed by atoms with E-state index in [1.165, 1.54) is 23.8 Å². The van der Waals surface area contributed by atoms with Gasteiger partial charge in [-0.15, -0.1) is 0 Å². The summed E-state index contributed by atoms with van der Waals surface area (Å²) in [6.45, 7) is 6.15. The molecule has 3 heterocycles. The zero-order valence-electron chi connectivity index (χ0n) is 29.5. The van der Waals surface area contributed by atoms with Crippen LogP contribution in [0.3, 0.4) is 0 Å². The Balaban J connectivity index is 1.15. The summed E-state index contributed by atoms with van der Waals surface area (Å²) in [6, 6.07) is 30.4. The molecule has 0 radical (unpaired) electrons. The normalized spacial score (nSPS) is 17.5. The number of ether oxygens (including phenoxy) is 2. The lowest BCUT2D eigenvalue weighted by Crippen LogP contribution is -2.42. The van der Waals surface area contributed by atoms with E-state index >= 15 is 0 Å². The van der Waals surface area contributed by atoms with E-state index in [1.54, 1.807) is 23.2 Å². The minimum Gasteiger partial charge on any atom is -0.378 e. The average molecular weight is 721 g/mol. The van der Waals surface area contributed by atoms with E-state index in [1.807, 2.05) is 79.7 Å². The Morgan fingerprint density at radius 3 is 2.40 bits per heavy atom. The van der Waals surface area contributed by atoms with Crippen LogP contribution in [0.5, 0.6) is 0 Å². The number of rotatable bonds is 13. The molecule has 2 saturated heterocycles. The summed E-state index contributed by atoms with van der Waals surface area (Å²) in [6.07, 6.45) is 1.62. The van der Waals surface area contributed by atoms with Gasteiger partial charge in [0.05, 0.1) is 49.3 Å². The molecule has 2 fully saturated rings. The van der Waals surface area contributed by atoms with E-state index in [0.717, 1.165) is 59.5 Å². The van der Waals surface area contributed by atoms with Gasteiger partial charge in [0.15, 0.2) is 6.10 Å². The molecule has 6 rings (SSSR count). The second kappa shape index (κ2) is 17.9. The van der Waals surface area contributed by atoms with Crippen molar-refractivity contribution in [1.29, 1.82) is 0 Å². The van der Waals surface area contributed by atoms with Gasteiger partial charge in [0.1, 0.15) is 5.25 Å². The molecule has 12 heteroatoms. The van der Waals surface area contributed by atoms with E-state index in [0.29, 0.717) is 31.7 Å². The molecule has 2 atom stereocenters. The molecule has 1 N–H and O–H groups in total. The second-order valence-electron chi connectivity index (χ2n) is 12.6. The van der Waals surface area contributed by atoms with E-state index < -0.39 is 11.4 Å². The third kappa shape index (κ3) is 9.44. The Morgan fingerprint density at radius 2 is 1.73 bits per heavy atom. The number of nitrogens with one attached hydrogen (secondary N) is 1. The summed E-state index contributed by atoms with van der Waals surface area (Å²) in [7, 11) is 1.49. The van der Waals surface area contributed by atoms with E-state index in [9.17, 15) is 14.4 Å². The second-order valence-corrected chi connectivity index (χ2v) is 13.8. The summed E-state index contributed by atoms with van der Waals surface area (Å²) in [5.74, 6) is -0.625. The van der Waals surface area contributed by atoms with Gasteiger partial charge in [-0.3, -0.25) is 19.4 Å². The number of thioether (sulfide) groups is 1. The molecular formula is C40H44N6O5S. The van der Waals surface area contributed by atoms with Crippen molar-refractivity contribution in [2.24, 2.45) is 4.99 Å². The van der Waals surface area contributed by atoms with Gasteiger partial charge in [0.25, 0.3) is 5.91 Å². The van der Waals surface area contributed by atoms with Gasteiger partial charge >= 0.3 is 0 Å². The zero-order valence-corrected chi connectivity index (χ0v) is 30.3. The van der Waals surface area contributed by atoms with Crippen molar-refractivity contribution in [2.45, 2.75) is 31.2 Å². The number of hydrogen-bond donors (Lipinski definition) is 1. The summed E-state index contributed by atoms with van der Waals surface area (Å²) in [4.78, 5) is 55.6. The third-order valence-corrected chi connectivity index (χ3v) is 10.1. The number of benzene rings is 3. The summed E-state index contributed by atoms with van der Waals surface area (Å²) >= 11 is 1.44. The minimum absolute atomic E-state index is 0.0334. The van der Waals surface area contributed by atoms with Crippen LogP contribution in [0, 0.1) is 0 Å². The molecule has 2 unspecified atom stereocenters. The topological polar surface area (TPSA) is 117 Å². The van der Waals surface area contributed by atoms with E-state index in [4.69, 9.17) is 14.5 Å². The lowest BCUT2D eigenvalue weighted by Gasteiger charge is -2.33. The van der Waals surface area contributed by atoms with Crippen molar-refractivity contribution in [3.05, 3.63) is 120 Å². The first-order valence-electron chi connectivity index (χ1n) is 17.5. The lowest BCUT2D eigenvalue weighted by atomic mass is 10.1. The Labute approximate surface area is 309 Å². The lowest BCUT2D eigenvalue weighted by molar-refractivity contribution is -0.144. The molecule has 2 aliphatic rings. The van der Waals surface area contributed by atoms with Gasteiger partial charge in [-0.25, -0.2) is 4.99 Å². The number of aliphatic imine (C=N–C) groups is 1. The van der Waals surface area contributed by atoms with Crippen molar-refractivity contribution < 1.29 is 23.9 Å². The van der Waals surface area contributed by atoms with Crippen LogP contribution in [0.4, 0.5) is 17.1 Å². The van der Waals surface area contributed by atoms with Gasteiger partial charge in [-0.1, -0.05) is 67.2 Å². The largest absolute Gasteiger partial charge is 0.378 e. The molecule has 52 heavy (non-hydrogen) atoms. The van der Waals surface area contributed by atoms with Crippen molar-refractivity contribution in [2.75, 3.05) is 63.3 Å². The summed E-state index contributed by atoms with van der Waals surface area (Å²) in [5, 5.41) is 3.21. The Kier molecular flexibility index (Phi) is 12.7. The first-order valence-corrected chi connectivity index (χ1v) is 18.4. The van der Waals surface area contributed by atoms with Gasteiger partial charge in [0, 0.05) is 44.3 Å². The predicted octanol–water partition coefficient (Wildman–Crippen LogP) is 6.03. The maximum absolute atomic E-state index is 13.9. The summed E-state index contributed by atoms with van der Waals surface area (Å²) < 4.78 is 11.0. The number of pyridine rings is 1. The van der Waals surface area contributed by atoms with Crippen LogP contribution < -0.4 is 10.2 Å². The maximum atomic E-state index is 13.9. The molecule has 0 saturated carbocycles. The molecule has 3 aromatic carbocycles. The van der Waals surface area contributed by atoms with Crippen molar-refractivity contribution in [1.82, 2.24) is 14.8 Å². The van der Waals surface area contributed by atoms with Gasteiger partial charge < -0.3 is 29.5 Å². The smallest absolute Gasteiger partial charge is 0.256 e. The van der Waals surface area contributed by atoms with Crippen LogP contribution >= 0.6 is 11.8 Å². The highest BCUT2D eigenvalue weighted by Gasteiger charge is 2.34. The number of nitrogens with zero attached hydrogens (tertiary/aromatic N) is 5. The average Bonchev–Trinajstić information content (AvgIpc) is 3.18. The molecule has 4 aromatic rings. The minimum atomic E-state index is -0.800. The summed E-state index contributed by atoms with van der Waals surface area (Å²) in [5.41, 5.74) is 4.84. The number of morpholine rings is 1. The van der Waals surface area contributed by atoms with Gasteiger partial charge in [-0.2, -0.15) is 0 Å². The highest BCUT2D eigenvalue weighted by Crippen LogP contribution is 2.38. The van der Waals surface area contributed by atoms with Crippen LogP contribution in [-0.4, -0.2) is 90.6 Å². The number of aromatic nitrogens is 1. The SMILES string of the molecule is CCCN(CC(=O)Nc1ccc(C2SC(=Nc3ccc(N4CCOCC4)cc3)CN(Cc3ccccn3)C2=O)cc1)C(=O)C(OC)c1ccccc1. The molecule has 0 spiro atoms. The van der Waals surface area contributed by atoms with E-state index in [-0.39, 0.29) is 24.3 Å². The predicted molar refractivity (Wildman–Crippen MR) is 205 cm³/mol. The van der Waals surface area contributed by atoms with Gasteiger partial charge in [-0.05, 0) is 66.1 Å². The Bertz CT molecular complexity index is 1820. The fourth-order valence-corrected chi connectivity index (χ4v) is 7.46. The number of hydrogen-bond acceptors (Lipinski definition) is 9. The van der Waals surface area contributed by atoms with E-state index in [2.05, 4.69) is 27.3 Å². The Morgan fingerprint density at radius 1 is 1.00 bits per heavy atom. The molecule has 11 nitrogen and oxygen atoms in total. The van der Waals surface area contributed by atoms with Crippen molar-refractivity contribution in [3.63, 3.8) is 0 Å². The van der Waals surface area contributed by atoms with Crippen LogP contribution in [0.15, 0.2) is 108 Å². The van der Waals surface area contributed by atoms with Crippen LogP contribution in [0.25, 0.3) is 0 Å². The number of carbonyl (C=O) groups excluding carboxylic acids is 3. The molecule has 1 aromatic heterocycles. The number of carbonyl (C=O) groups is 3. The molecule has 0 bridgehead atoms. The monoisotopic (exact) mass is 720 g/mol. The molecule has 2 aliphatic heterocycles. The van der Waals surface area contributed by atoms with Crippen LogP contribution in [0.2, 0.25) is 0 Å². The van der Waals surface area contributed by atoms with Crippen LogP contribution in [-0.2, 0) is 30.4 Å². The maximum Gasteiger partial charge on any atom is 0.256 e. The number of methoxy groups -OCH3 is 1.